The zero-order valence-corrected chi connectivity index (χ0v) is 16.7. The molecule has 0 fully saturated rings. The summed E-state index contributed by atoms with van der Waals surface area (Å²) in [5, 5.41) is 4.25. The van der Waals surface area contributed by atoms with Crippen LogP contribution in [0, 0.1) is 0 Å². The van der Waals surface area contributed by atoms with Crippen LogP contribution >= 0.6 is 0 Å². The van der Waals surface area contributed by atoms with Crippen molar-refractivity contribution in [1.82, 2.24) is 10.3 Å². The Hall–Kier alpha value is -2.95. The Labute approximate surface area is 166 Å². The zero-order chi connectivity index (χ0) is 19.9. The summed E-state index contributed by atoms with van der Waals surface area (Å²) in [5.41, 5.74) is 3.25. The largest absolute Gasteiger partial charge is 0.493 e. The van der Waals surface area contributed by atoms with E-state index in [0.29, 0.717) is 25.2 Å². The molecule has 5 heteroatoms. The number of hydrogen-bond donors (Lipinski definition) is 2. The highest BCUT2D eigenvalue weighted by Crippen LogP contribution is 2.30. The van der Waals surface area contributed by atoms with Gasteiger partial charge in [-0.25, -0.2) is 0 Å². The van der Waals surface area contributed by atoms with Gasteiger partial charge in [0.15, 0.2) is 11.5 Å². The van der Waals surface area contributed by atoms with Gasteiger partial charge in [-0.2, -0.15) is 0 Å². The standard InChI is InChI=1S/C23H28N2O3/c1-4-13-28-21-11-9-17(14-22(21)27-3)16(2)25-23(26)12-10-18-15-24-20-8-6-5-7-19(18)20/h5-9,11,14-16,24H,4,10,12-13H2,1-3H3,(H,25,26). The number of aromatic amines is 1. The fourth-order valence-corrected chi connectivity index (χ4v) is 3.27. The third-order valence-electron chi connectivity index (χ3n) is 4.82. The van der Waals surface area contributed by atoms with Crippen molar-refractivity contribution in [2.24, 2.45) is 0 Å². The second kappa shape index (κ2) is 9.31. The van der Waals surface area contributed by atoms with Gasteiger partial charge in [0.25, 0.3) is 0 Å². The first-order chi connectivity index (χ1) is 13.6. The van der Waals surface area contributed by atoms with Crippen LogP contribution in [0.1, 0.15) is 43.9 Å². The second-order valence-corrected chi connectivity index (χ2v) is 6.91. The average Bonchev–Trinajstić information content (AvgIpc) is 3.13. The lowest BCUT2D eigenvalue weighted by atomic mass is 10.1. The molecule has 2 N–H and O–H groups in total. The third kappa shape index (κ3) is 4.66. The molecule has 0 radical (unpaired) electrons. The molecule has 1 aromatic heterocycles. The lowest BCUT2D eigenvalue weighted by Gasteiger charge is -2.17. The number of aromatic nitrogens is 1. The van der Waals surface area contributed by atoms with E-state index in [-0.39, 0.29) is 11.9 Å². The second-order valence-electron chi connectivity index (χ2n) is 6.91. The highest BCUT2D eigenvalue weighted by atomic mass is 16.5. The molecule has 0 aliphatic heterocycles. The molecule has 5 nitrogen and oxygen atoms in total. The van der Waals surface area contributed by atoms with Gasteiger partial charge in [0.2, 0.25) is 5.91 Å². The van der Waals surface area contributed by atoms with Crippen LogP contribution in [0.3, 0.4) is 0 Å². The van der Waals surface area contributed by atoms with Gasteiger partial charge in [0, 0.05) is 23.5 Å². The smallest absolute Gasteiger partial charge is 0.220 e. The van der Waals surface area contributed by atoms with E-state index in [1.54, 1.807) is 7.11 Å². The van der Waals surface area contributed by atoms with Gasteiger partial charge in [-0.05, 0) is 49.1 Å². The molecule has 0 saturated heterocycles. The van der Waals surface area contributed by atoms with Crippen LogP contribution in [0.25, 0.3) is 10.9 Å². The summed E-state index contributed by atoms with van der Waals surface area (Å²) in [6.07, 6.45) is 4.08. The maximum atomic E-state index is 12.4. The molecule has 1 atom stereocenters. The first kappa shape index (κ1) is 19.8. The van der Waals surface area contributed by atoms with Gasteiger partial charge in [-0.3, -0.25) is 4.79 Å². The maximum Gasteiger partial charge on any atom is 0.220 e. The summed E-state index contributed by atoms with van der Waals surface area (Å²) in [4.78, 5) is 15.7. The Bertz CT molecular complexity index is 932. The van der Waals surface area contributed by atoms with Crippen LogP contribution < -0.4 is 14.8 Å². The first-order valence-corrected chi connectivity index (χ1v) is 9.77. The van der Waals surface area contributed by atoms with Crippen LogP contribution in [-0.2, 0) is 11.2 Å². The molecule has 0 aliphatic carbocycles. The average molecular weight is 380 g/mol. The number of nitrogens with one attached hydrogen (secondary N) is 2. The van der Waals surface area contributed by atoms with Gasteiger partial charge in [0.05, 0.1) is 19.8 Å². The van der Waals surface area contributed by atoms with Crippen molar-refractivity contribution in [1.29, 1.82) is 0 Å². The van der Waals surface area contributed by atoms with Crippen LogP contribution in [0.4, 0.5) is 0 Å². The predicted octanol–water partition coefficient (Wildman–Crippen LogP) is 4.78. The summed E-state index contributed by atoms with van der Waals surface area (Å²) >= 11 is 0. The van der Waals surface area contributed by atoms with Crippen molar-refractivity contribution in [2.45, 2.75) is 39.2 Å². The van der Waals surface area contributed by atoms with Gasteiger partial charge < -0.3 is 19.8 Å². The Morgan fingerprint density at radius 3 is 2.79 bits per heavy atom. The van der Waals surface area contributed by atoms with Crippen molar-refractivity contribution < 1.29 is 14.3 Å². The van der Waals surface area contributed by atoms with E-state index in [4.69, 9.17) is 9.47 Å². The van der Waals surface area contributed by atoms with Crippen molar-refractivity contribution in [3.63, 3.8) is 0 Å². The predicted molar refractivity (Wildman–Crippen MR) is 112 cm³/mol. The number of methoxy groups -OCH3 is 1. The molecule has 3 aromatic rings. The number of ether oxygens (including phenoxy) is 2. The number of para-hydroxylation sites is 1. The summed E-state index contributed by atoms with van der Waals surface area (Å²) in [7, 11) is 1.63. The molecule has 148 valence electrons. The van der Waals surface area contributed by atoms with Gasteiger partial charge in [-0.15, -0.1) is 0 Å². The SMILES string of the molecule is CCCOc1ccc(C(C)NC(=O)CCc2c[nH]c3ccccc23)cc1OC. The molecule has 1 heterocycles. The normalized spacial score (nSPS) is 12.0. The monoisotopic (exact) mass is 380 g/mol. The van der Waals surface area contributed by atoms with E-state index < -0.39 is 0 Å². The van der Waals surface area contributed by atoms with Gasteiger partial charge >= 0.3 is 0 Å². The minimum atomic E-state index is -0.107. The zero-order valence-electron chi connectivity index (χ0n) is 16.7. The molecule has 1 amide bonds. The number of rotatable bonds is 9. The molecule has 1 unspecified atom stereocenters. The molecular weight excluding hydrogens is 352 g/mol. The number of benzene rings is 2. The minimum Gasteiger partial charge on any atom is -0.493 e. The summed E-state index contributed by atoms with van der Waals surface area (Å²) in [6, 6.07) is 13.8. The number of H-pyrrole nitrogens is 1. The lowest BCUT2D eigenvalue weighted by molar-refractivity contribution is -0.121. The minimum absolute atomic E-state index is 0.0306. The molecule has 0 aliphatic rings. The number of fused-ring (bicyclic) bond motifs is 1. The van der Waals surface area contributed by atoms with Crippen LogP contribution in [0.5, 0.6) is 11.5 Å². The Morgan fingerprint density at radius 2 is 2.00 bits per heavy atom. The van der Waals surface area contributed by atoms with Gasteiger partial charge in [-0.1, -0.05) is 31.2 Å². The van der Waals surface area contributed by atoms with E-state index in [2.05, 4.69) is 23.3 Å². The Kier molecular flexibility index (Phi) is 6.58. The molecule has 3 rings (SSSR count). The highest BCUT2D eigenvalue weighted by molar-refractivity contribution is 5.84. The Balaban J connectivity index is 1.59. The number of amides is 1. The van der Waals surface area contributed by atoms with Crippen molar-refractivity contribution in [3.8, 4) is 11.5 Å². The van der Waals surface area contributed by atoms with E-state index in [0.717, 1.165) is 28.8 Å². The van der Waals surface area contributed by atoms with E-state index >= 15 is 0 Å². The Morgan fingerprint density at radius 1 is 1.18 bits per heavy atom. The summed E-state index contributed by atoms with van der Waals surface area (Å²) < 4.78 is 11.1. The summed E-state index contributed by atoms with van der Waals surface area (Å²) in [5.74, 6) is 1.44. The maximum absolute atomic E-state index is 12.4. The molecule has 0 spiro atoms. The van der Waals surface area contributed by atoms with Crippen LogP contribution in [-0.4, -0.2) is 24.6 Å². The van der Waals surface area contributed by atoms with Crippen molar-refractivity contribution in [2.75, 3.05) is 13.7 Å². The molecule has 28 heavy (non-hydrogen) atoms. The van der Waals surface area contributed by atoms with Crippen molar-refractivity contribution >= 4 is 16.8 Å². The highest BCUT2D eigenvalue weighted by Gasteiger charge is 2.14. The van der Waals surface area contributed by atoms with E-state index in [1.165, 1.54) is 5.39 Å². The lowest BCUT2D eigenvalue weighted by Crippen LogP contribution is -2.26. The summed E-state index contributed by atoms with van der Waals surface area (Å²) in [6.45, 7) is 4.69. The first-order valence-electron chi connectivity index (χ1n) is 9.77. The molecule has 0 bridgehead atoms. The quantitative estimate of drug-likeness (QED) is 0.562. The third-order valence-corrected chi connectivity index (χ3v) is 4.82. The number of carbonyl (C=O) groups excluding carboxylic acids is 1. The van der Waals surface area contributed by atoms with Gasteiger partial charge in [0.1, 0.15) is 0 Å². The molecular formula is C23H28N2O3. The fourth-order valence-electron chi connectivity index (χ4n) is 3.27. The van der Waals surface area contributed by atoms with Crippen molar-refractivity contribution in [3.05, 3.63) is 59.8 Å². The number of hydrogen-bond acceptors (Lipinski definition) is 3. The van der Waals surface area contributed by atoms with Crippen LogP contribution in [0.2, 0.25) is 0 Å². The van der Waals surface area contributed by atoms with Crippen LogP contribution in [0.15, 0.2) is 48.7 Å². The fraction of sp³-hybridized carbons (Fsp3) is 0.348. The topological polar surface area (TPSA) is 63.3 Å². The number of carbonyl (C=O) groups is 1. The van der Waals surface area contributed by atoms with E-state index in [1.807, 2.05) is 49.5 Å². The number of aryl methyl sites for hydroxylation is 1. The molecule has 2 aromatic carbocycles. The molecule has 0 saturated carbocycles. The van der Waals surface area contributed by atoms with E-state index in [9.17, 15) is 4.79 Å².